The van der Waals surface area contributed by atoms with Crippen LogP contribution in [0, 0.1) is 17.3 Å². The number of carbonyl (C=O) groups excluding carboxylic acids is 2. The fraction of sp³-hybridized carbons (Fsp3) is 0.882. The van der Waals surface area contributed by atoms with E-state index in [-0.39, 0.29) is 17.5 Å². The standard InChI is InChI=1S/C17H32N2O2/c1-12(2)17(5,6)15(20)10-14-8-7-9-19(11-14)16(21)18-13(3)4/h12-14H,7-11H2,1-6H3,(H,18,21). The number of carbonyl (C=O) groups is 2. The van der Waals surface area contributed by atoms with Gasteiger partial charge in [-0.05, 0) is 38.5 Å². The average Bonchev–Trinajstić information content (AvgIpc) is 2.37. The number of hydrogen-bond donors (Lipinski definition) is 1. The number of amides is 2. The van der Waals surface area contributed by atoms with Crippen LogP contribution in [0.5, 0.6) is 0 Å². The van der Waals surface area contributed by atoms with Crippen molar-refractivity contribution in [3.05, 3.63) is 0 Å². The number of nitrogens with zero attached hydrogens (tertiary/aromatic N) is 1. The van der Waals surface area contributed by atoms with Crippen LogP contribution in [0.25, 0.3) is 0 Å². The predicted molar refractivity (Wildman–Crippen MR) is 86.2 cm³/mol. The Bertz CT molecular complexity index is 375. The maximum Gasteiger partial charge on any atom is 0.317 e. The van der Waals surface area contributed by atoms with Gasteiger partial charge in [0, 0.05) is 31.0 Å². The first-order valence-electron chi connectivity index (χ1n) is 8.23. The van der Waals surface area contributed by atoms with E-state index in [1.807, 2.05) is 32.6 Å². The van der Waals surface area contributed by atoms with Crippen molar-refractivity contribution in [2.24, 2.45) is 17.3 Å². The van der Waals surface area contributed by atoms with Gasteiger partial charge in [0.25, 0.3) is 0 Å². The molecule has 1 atom stereocenters. The Morgan fingerprint density at radius 3 is 2.38 bits per heavy atom. The molecule has 122 valence electrons. The van der Waals surface area contributed by atoms with Crippen LogP contribution < -0.4 is 5.32 Å². The lowest BCUT2D eigenvalue weighted by molar-refractivity contribution is -0.130. The Hall–Kier alpha value is -1.06. The van der Waals surface area contributed by atoms with E-state index >= 15 is 0 Å². The van der Waals surface area contributed by atoms with E-state index in [4.69, 9.17) is 0 Å². The smallest absolute Gasteiger partial charge is 0.317 e. The van der Waals surface area contributed by atoms with Gasteiger partial charge in [0.15, 0.2) is 0 Å². The van der Waals surface area contributed by atoms with Crippen molar-refractivity contribution in [2.45, 2.75) is 66.8 Å². The molecule has 1 aliphatic rings. The topological polar surface area (TPSA) is 49.4 Å². The van der Waals surface area contributed by atoms with E-state index in [2.05, 4.69) is 19.2 Å². The summed E-state index contributed by atoms with van der Waals surface area (Å²) < 4.78 is 0. The third kappa shape index (κ3) is 5.01. The molecule has 0 aliphatic carbocycles. The summed E-state index contributed by atoms with van der Waals surface area (Å²) in [6.45, 7) is 13.7. The highest BCUT2D eigenvalue weighted by Gasteiger charge is 2.34. The van der Waals surface area contributed by atoms with E-state index in [1.54, 1.807) is 0 Å². The molecule has 1 heterocycles. The molecule has 1 N–H and O–H groups in total. The number of ketones is 1. The predicted octanol–water partition coefficient (Wildman–Crippen LogP) is 3.46. The molecule has 21 heavy (non-hydrogen) atoms. The highest BCUT2D eigenvalue weighted by atomic mass is 16.2. The SMILES string of the molecule is CC(C)NC(=O)N1CCCC(CC(=O)C(C)(C)C(C)C)C1. The van der Waals surface area contributed by atoms with Gasteiger partial charge in [0.1, 0.15) is 5.78 Å². The molecule has 2 amide bonds. The first-order valence-corrected chi connectivity index (χ1v) is 8.23. The molecule has 0 aromatic carbocycles. The van der Waals surface area contributed by atoms with Crippen LogP contribution in [0.1, 0.15) is 60.8 Å². The van der Waals surface area contributed by atoms with Crippen molar-refractivity contribution in [1.82, 2.24) is 10.2 Å². The lowest BCUT2D eigenvalue weighted by Gasteiger charge is -2.35. The number of Topliss-reactive ketones (excluding diaryl/α,β-unsaturated/α-hetero) is 1. The third-order valence-electron chi connectivity index (χ3n) is 4.85. The minimum atomic E-state index is -0.275. The van der Waals surface area contributed by atoms with Gasteiger partial charge in [-0.15, -0.1) is 0 Å². The number of piperidine rings is 1. The van der Waals surface area contributed by atoms with Crippen LogP contribution in [0.3, 0.4) is 0 Å². The molecule has 0 aromatic rings. The number of nitrogens with one attached hydrogen (secondary N) is 1. The lowest BCUT2D eigenvalue weighted by Crippen LogP contribution is -2.48. The minimum Gasteiger partial charge on any atom is -0.336 e. The molecule has 0 bridgehead atoms. The summed E-state index contributed by atoms with van der Waals surface area (Å²) in [4.78, 5) is 26.4. The number of rotatable bonds is 5. The summed E-state index contributed by atoms with van der Waals surface area (Å²) in [6, 6.07) is 0.157. The van der Waals surface area contributed by atoms with E-state index in [9.17, 15) is 9.59 Å². The highest BCUT2D eigenvalue weighted by molar-refractivity contribution is 5.84. The van der Waals surface area contributed by atoms with Crippen molar-refractivity contribution in [1.29, 1.82) is 0 Å². The molecule has 1 aliphatic heterocycles. The fourth-order valence-electron chi connectivity index (χ4n) is 2.60. The molecule has 1 rings (SSSR count). The van der Waals surface area contributed by atoms with E-state index in [0.717, 1.165) is 19.4 Å². The first kappa shape index (κ1) is 18.0. The first-order chi connectivity index (χ1) is 9.64. The Morgan fingerprint density at radius 1 is 1.24 bits per heavy atom. The van der Waals surface area contributed by atoms with E-state index in [0.29, 0.717) is 30.6 Å². The third-order valence-corrected chi connectivity index (χ3v) is 4.85. The second-order valence-electron chi connectivity index (χ2n) is 7.56. The molecular formula is C17H32N2O2. The Morgan fingerprint density at radius 2 is 1.86 bits per heavy atom. The van der Waals surface area contributed by atoms with Gasteiger partial charge in [0.2, 0.25) is 0 Å². The zero-order valence-electron chi connectivity index (χ0n) is 14.5. The monoisotopic (exact) mass is 296 g/mol. The van der Waals surface area contributed by atoms with Crippen LogP contribution in [0.2, 0.25) is 0 Å². The zero-order valence-corrected chi connectivity index (χ0v) is 14.5. The van der Waals surface area contributed by atoms with E-state index in [1.165, 1.54) is 0 Å². The van der Waals surface area contributed by atoms with Crippen molar-refractivity contribution in [2.75, 3.05) is 13.1 Å². The van der Waals surface area contributed by atoms with Crippen LogP contribution in [0.15, 0.2) is 0 Å². The number of likely N-dealkylation sites (tertiary alicyclic amines) is 1. The molecule has 1 fully saturated rings. The molecular weight excluding hydrogens is 264 g/mol. The second-order valence-corrected chi connectivity index (χ2v) is 7.56. The lowest BCUT2D eigenvalue weighted by atomic mass is 9.74. The van der Waals surface area contributed by atoms with Gasteiger partial charge in [-0.25, -0.2) is 4.79 Å². The summed E-state index contributed by atoms with van der Waals surface area (Å²) in [5, 5.41) is 2.94. The minimum absolute atomic E-state index is 0.00488. The highest BCUT2D eigenvalue weighted by Crippen LogP contribution is 2.31. The molecule has 1 saturated heterocycles. The van der Waals surface area contributed by atoms with Gasteiger partial charge >= 0.3 is 6.03 Å². The van der Waals surface area contributed by atoms with Gasteiger partial charge in [0.05, 0.1) is 0 Å². The van der Waals surface area contributed by atoms with Crippen molar-refractivity contribution in [3.63, 3.8) is 0 Å². The van der Waals surface area contributed by atoms with Crippen LogP contribution in [-0.2, 0) is 4.79 Å². The molecule has 0 radical (unpaired) electrons. The molecule has 4 nitrogen and oxygen atoms in total. The van der Waals surface area contributed by atoms with Gasteiger partial charge < -0.3 is 10.2 Å². The maximum atomic E-state index is 12.5. The van der Waals surface area contributed by atoms with Crippen molar-refractivity contribution < 1.29 is 9.59 Å². The fourth-order valence-corrected chi connectivity index (χ4v) is 2.60. The largest absolute Gasteiger partial charge is 0.336 e. The normalized spacial score (nSPS) is 20.0. The second kappa shape index (κ2) is 7.28. The Balaban J connectivity index is 2.57. The maximum absolute atomic E-state index is 12.5. The van der Waals surface area contributed by atoms with Gasteiger partial charge in [-0.1, -0.05) is 27.7 Å². The van der Waals surface area contributed by atoms with Crippen LogP contribution in [-0.4, -0.2) is 35.8 Å². The number of urea groups is 1. The summed E-state index contributed by atoms with van der Waals surface area (Å²) in [7, 11) is 0. The molecule has 0 saturated carbocycles. The van der Waals surface area contributed by atoms with Crippen molar-refractivity contribution in [3.8, 4) is 0 Å². The summed E-state index contributed by atoms with van der Waals surface area (Å²) in [6.07, 6.45) is 2.63. The van der Waals surface area contributed by atoms with Gasteiger partial charge in [-0.2, -0.15) is 0 Å². The Labute approximate surface area is 129 Å². The van der Waals surface area contributed by atoms with Crippen molar-refractivity contribution >= 4 is 11.8 Å². The molecule has 4 heteroatoms. The zero-order chi connectivity index (χ0) is 16.2. The summed E-state index contributed by atoms with van der Waals surface area (Å²) >= 11 is 0. The quantitative estimate of drug-likeness (QED) is 0.844. The van der Waals surface area contributed by atoms with Crippen LogP contribution >= 0.6 is 0 Å². The average molecular weight is 296 g/mol. The molecule has 0 aromatic heterocycles. The van der Waals surface area contributed by atoms with Crippen LogP contribution in [0.4, 0.5) is 4.79 Å². The molecule has 1 unspecified atom stereocenters. The summed E-state index contributed by atoms with van der Waals surface area (Å²) in [5.74, 6) is 0.977. The van der Waals surface area contributed by atoms with E-state index < -0.39 is 0 Å². The summed E-state index contributed by atoms with van der Waals surface area (Å²) in [5.41, 5.74) is -0.275. The Kier molecular flexibility index (Phi) is 6.24. The number of hydrogen-bond acceptors (Lipinski definition) is 2. The molecule has 0 spiro atoms. The van der Waals surface area contributed by atoms with Gasteiger partial charge in [-0.3, -0.25) is 4.79 Å².